The van der Waals surface area contributed by atoms with Gasteiger partial charge in [-0.25, -0.2) is 0 Å². The number of para-hydroxylation sites is 1. The molecule has 2 aromatic rings. The third-order valence-electron chi connectivity index (χ3n) is 4.04. The maximum atomic E-state index is 12.5. The van der Waals surface area contributed by atoms with Gasteiger partial charge in [0.2, 0.25) is 5.91 Å². The van der Waals surface area contributed by atoms with Gasteiger partial charge in [-0.3, -0.25) is 9.48 Å². The third kappa shape index (κ3) is 3.30. The first kappa shape index (κ1) is 14.6. The van der Waals surface area contributed by atoms with Crippen molar-refractivity contribution in [1.29, 1.82) is 0 Å². The normalized spacial score (nSPS) is 16.7. The number of amides is 1. The summed E-state index contributed by atoms with van der Waals surface area (Å²) in [6, 6.07) is 9.85. The second kappa shape index (κ2) is 6.64. The molecule has 0 N–H and O–H groups in total. The Labute approximate surface area is 130 Å². The predicted octanol–water partition coefficient (Wildman–Crippen LogP) is 1.98. The zero-order valence-electron chi connectivity index (χ0n) is 12.8. The first-order valence-electron chi connectivity index (χ1n) is 7.67. The summed E-state index contributed by atoms with van der Waals surface area (Å²) in [7, 11) is 1.87. The van der Waals surface area contributed by atoms with Gasteiger partial charge in [-0.05, 0) is 30.5 Å². The van der Waals surface area contributed by atoms with E-state index in [1.807, 2.05) is 53.2 Å². The summed E-state index contributed by atoms with van der Waals surface area (Å²) in [5.74, 6) is 0.993. The number of aromatic nitrogens is 2. The number of carbonyl (C=O) groups is 1. The smallest absolute Gasteiger partial charge is 0.229 e. The molecule has 5 heteroatoms. The Morgan fingerprint density at radius 1 is 1.41 bits per heavy atom. The Morgan fingerprint density at radius 3 is 3.09 bits per heavy atom. The summed E-state index contributed by atoms with van der Waals surface area (Å²) in [4.78, 5) is 14.3. The van der Waals surface area contributed by atoms with Crippen LogP contribution < -0.4 is 4.74 Å². The Kier molecular flexibility index (Phi) is 4.42. The van der Waals surface area contributed by atoms with Crippen LogP contribution in [0.2, 0.25) is 0 Å². The zero-order chi connectivity index (χ0) is 15.4. The lowest BCUT2D eigenvalue weighted by Gasteiger charge is -2.28. The monoisotopic (exact) mass is 299 g/mol. The van der Waals surface area contributed by atoms with Crippen LogP contribution in [0.15, 0.2) is 42.7 Å². The fourth-order valence-electron chi connectivity index (χ4n) is 2.81. The second-order valence-electron chi connectivity index (χ2n) is 5.70. The largest absolute Gasteiger partial charge is 0.492 e. The van der Waals surface area contributed by atoms with E-state index in [2.05, 4.69) is 5.10 Å². The van der Waals surface area contributed by atoms with Gasteiger partial charge in [0.25, 0.3) is 0 Å². The lowest BCUT2D eigenvalue weighted by molar-refractivity contribution is -0.135. The highest BCUT2D eigenvalue weighted by molar-refractivity contribution is 5.79. The maximum Gasteiger partial charge on any atom is 0.229 e. The van der Waals surface area contributed by atoms with Gasteiger partial charge in [0.05, 0.1) is 5.92 Å². The van der Waals surface area contributed by atoms with Gasteiger partial charge >= 0.3 is 0 Å². The van der Waals surface area contributed by atoms with Crippen molar-refractivity contribution in [3.8, 4) is 5.75 Å². The Morgan fingerprint density at radius 2 is 2.27 bits per heavy atom. The zero-order valence-corrected chi connectivity index (χ0v) is 12.8. The van der Waals surface area contributed by atoms with Crippen LogP contribution in [0.3, 0.4) is 0 Å². The quantitative estimate of drug-likeness (QED) is 0.848. The van der Waals surface area contributed by atoms with E-state index in [0.717, 1.165) is 37.2 Å². The van der Waals surface area contributed by atoms with E-state index in [-0.39, 0.29) is 11.8 Å². The van der Waals surface area contributed by atoms with E-state index in [4.69, 9.17) is 4.74 Å². The van der Waals surface area contributed by atoms with E-state index < -0.39 is 0 Å². The van der Waals surface area contributed by atoms with E-state index in [1.54, 1.807) is 6.20 Å². The van der Waals surface area contributed by atoms with Crippen molar-refractivity contribution in [3.05, 3.63) is 48.3 Å². The van der Waals surface area contributed by atoms with Gasteiger partial charge in [0.1, 0.15) is 12.4 Å². The number of nitrogens with zero attached hydrogens (tertiary/aromatic N) is 3. The van der Waals surface area contributed by atoms with Crippen LogP contribution in [0.1, 0.15) is 12.0 Å². The van der Waals surface area contributed by atoms with Crippen LogP contribution in [0, 0.1) is 5.92 Å². The molecule has 116 valence electrons. The van der Waals surface area contributed by atoms with E-state index in [0.29, 0.717) is 6.61 Å². The van der Waals surface area contributed by atoms with Gasteiger partial charge in [0, 0.05) is 32.5 Å². The van der Waals surface area contributed by atoms with Crippen LogP contribution in [0.5, 0.6) is 5.75 Å². The highest BCUT2D eigenvalue weighted by Gasteiger charge is 2.27. The van der Waals surface area contributed by atoms with Gasteiger partial charge in [-0.1, -0.05) is 18.2 Å². The highest BCUT2D eigenvalue weighted by Crippen LogP contribution is 2.27. The van der Waals surface area contributed by atoms with Crippen molar-refractivity contribution in [2.45, 2.75) is 19.4 Å². The number of carbonyl (C=O) groups excluding carboxylic acids is 1. The maximum absolute atomic E-state index is 12.5. The molecule has 1 unspecified atom stereocenters. The van der Waals surface area contributed by atoms with Crippen molar-refractivity contribution >= 4 is 5.91 Å². The number of hydrogen-bond donors (Lipinski definition) is 0. The van der Waals surface area contributed by atoms with Crippen LogP contribution in [0.4, 0.5) is 0 Å². The van der Waals surface area contributed by atoms with E-state index in [1.165, 1.54) is 0 Å². The second-order valence-corrected chi connectivity index (χ2v) is 5.70. The summed E-state index contributed by atoms with van der Waals surface area (Å²) in [6.07, 6.45) is 5.37. The molecule has 0 spiro atoms. The van der Waals surface area contributed by atoms with Gasteiger partial charge in [0.15, 0.2) is 0 Å². The van der Waals surface area contributed by atoms with E-state index >= 15 is 0 Å². The van der Waals surface area contributed by atoms with Crippen LogP contribution in [0.25, 0.3) is 0 Å². The van der Waals surface area contributed by atoms with Crippen LogP contribution in [-0.2, 0) is 17.8 Å². The standard InChI is InChI=1S/C17H21N3O2/c1-19(9-5-11-20-10-4-8-18-20)17(21)15-12-14-6-2-3-7-16(14)22-13-15/h2-4,6-8,10,15H,5,9,11-13H2,1H3. The van der Waals surface area contributed by atoms with E-state index in [9.17, 15) is 4.79 Å². The Bertz CT molecular complexity index is 625. The molecule has 1 aliphatic heterocycles. The fourth-order valence-corrected chi connectivity index (χ4v) is 2.81. The summed E-state index contributed by atoms with van der Waals surface area (Å²) in [5.41, 5.74) is 1.12. The minimum absolute atomic E-state index is 0.0791. The molecule has 22 heavy (non-hydrogen) atoms. The molecule has 0 bridgehead atoms. The predicted molar refractivity (Wildman–Crippen MR) is 83.6 cm³/mol. The number of fused-ring (bicyclic) bond motifs is 1. The molecule has 0 aliphatic carbocycles. The third-order valence-corrected chi connectivity index (χ3v) is 4.04. The van der Waals surface area contributed by atoms with Crippen molar-refractivity contribution in [2.75, 3.05) is 20.2 Å². The van der Waals surface area contributed by atoms with Crippen molar-refractivity contribution in [2.24, 2.45) is 5.92 Å². The molecule has 1 atom stereocenters. The molecule has 0 fully saturated rings. The minimum Gasteiger partial charge on any atom is -0.492 e. The van der Waals surface area contributed by atoms with Crippen molar-refractivity contribution < 1.29 is 9.53 Å². The molecule has 1 amide bonds. The topological polar surface area (TPSA) is 47.4 Å². The van der Waals surface area contributed by atoms with Gasteiger partial charge < -0.3 is 9.64 Å². The number of ether oxygens (including phenoxy) is 1. The number of hydrogen-bond acceptors (Lipinski definition) is 3. The summed E-state index contributed by atoms with van der Waals surface area (Å²) in [6.45, 7) is 2.03. The van der Waals surface area contributed by atoms with Gasteiger partial charge in [-0.2, -0.15) is 5.10 Å². The Hall–Kier alpha value is -2.30. The molecule has 0 saturated heterocycles. The summed E-state index contributed by atoms with van der Waals surface area (Å²) >= 11 is 0. The fraction of sp³-hybridized carbons (Fsp3) is 0.412. The number of benzene rings is 1. The van der Waals surface area contributed by atoms with Gasteiger partial charge in [-0.15, -0.1) is 0 Å². The Balaban J connectivity index is 1.51. The molecule has 0 saturated carbocycles. The molecule has 2 heterocycles. The SMILES string of the molecule is CN(CCCn1cccn1)C(=O)C1COc2ccccc2C1. The summed E-state index contributed by atoms with van der Waals surface area (Å²) in [5, 5.41) is 4.17. The molecular weight excluding hydrogens is 278 g/mol. The molecule has 0 radical (unpaired) electrons. The first-order chi connectivity index (χ1) is 10.7. The van der Waals surface area contributed by atoms with Crippen molar-refractivity contribution in [1.82, 2.24) is 14.7 Å². The average molecular weight is 299 g/mol. The molecule has 1 aliphatic rings. The van der Waals surface area contributed by atoms with Crippen LogP contribution >= 0.6 is 0 Å². The minimum atomic E-state index is -0.0791. The van der Waals surface area contributed by atoms with Crippen molar-refractivity contribution in [3.63, 3.8) is 0 Å². The highest BCUT2D eigenvalue weighted by atomic mass is 16.5. The lowest BCUT2D eigenvalue weighted by Crippen LogP contribution is -2.39. The molecule has 5 nitrogen and oxygen atoms in total. The first-order valence-corrected chi connectivity index (χ1v) is 7.67. The molecule has 1 aromatic heterocycles. The molecule has 1 aromatic carbocycles. The molecule has 3 rings (SSSR count). The lowest BCUT2D eigenvalue weighted by atomic mass is 9.95. The number of rotatable bonds is 5. The summed E-state index contributed by atoms with van der Waals surface area (Å²) < 4.78 is 7.60. The average Bonchev–Trinajstić information content (AvgIpc) is 3.07. The number of aryl methyl sites for hydroxylation is 1. The molecular formula is C17H21N3O2. The van der Waals surface area contributed by atoms with Crippen LogP contribution in [-0.4, -0.2) is 40.8 Å².